The van der Waals surface area contributed by atoms with E-state index in [0.717, 1.165) is 6.20 Å². The summed E-state index contributed by atoms with van der Waals surface area (Å²) < 4.78 is 35.2. The Kier molecular flexibility index (Phi) is 2.32. The predicted octanol–water partition coefficient (Wildman–Crippen LogP) is 0.270. The molecule has 0 aromatic carbocycles. The van der Waals surface area contributed by atoms with Crippen LogP contribution in [-0.2, 0) is 6.42 Å². The van der Waals surface area contributed by atoms with Crippen molar-refractivity contribution in [1.29, 1.82) is 0 Å². The number of nitrogens with one attached hydrogen (secondary N) is 1. The topological polar surface area (TPSA) is 61.8 Å². The van der Waals surface area contributed by atoms with Crippen LogP contribution >= 0.6 is 0 Å². The van der Waals surface area contributed by atoms with Gasteiger partial charge in [0.25, 0.3) is 0 Å². The molecule has 0 aliphatic rings. The molecule has 0 aliphatic heterocycles. The van der Waals surface area contributed by atoms with Gasteiger partial charge in [0.2, 0.25) is 0 Å². The largest absolute Gasteiger partial charge is 0.414 e. The highest BCUT2D eigenvalue weighted by Gasteiger charge is 2.38. The number of hydrogen-bond acceptors (Lipinski definition) is 3. The molecule has 1 aromatic rings. The number of aromatic amines is 1. The first-order valence-corrected chi connectivity index (χ1v) is 3.09. The van der Waals surface area contributed by atoms with Crippen molar-refractivity contribution in [3.8, 4) is 0 Å². The molecule has 0 fully saturated rings. The van der Waals surface area contributed by atoms with Crippen LogP contribution in [0.15, 0.2) is 6.20 Å². The smallest absolute Gasteiger partial charge is 0.383 e. The van der Waals surface area contributed by atoms with E-state index in [0.29, 0.717) is 0 Å². The van der Waals surface area contributed by atoms with Gasteiger partial charge in [-0.15, -0.1) is 0 Å². The van der Waals surface area contributed by atoms with Gasteiger partial charge in [0, 0.05) is 6.42 Å². The Morgan fingerprint density at radius 2 is 2.25 bits per heavy atom. The van der Waals surface area contributed by atoms with Crippen LogP contribution in [0.1, 0.15) is 5.69 Å². The molecule has 1 unspecified atom stereocenters. The lowest BCUT2D eigenvalue weighted by atomic mass is 10.2. The average Bonchev–Trinajstić information content (AvgIpc) is 2.37. The molecular formula is C5H6F3N3O. The molecular weight excluding hydrogens is 175 g/mol. The summed E-state index contributed by atoms with van der Waals surface area (Å²) in [4.78, 5) is 0. The van der Waals surface area contributed by atoms with Crippen LogP contribution in [-0.4, -0.2) is 32.8 Å². The van der Waals surface area contributed by atoms with Crippen LogP contribution < -0.4 is 0 Å². The number of nitrogens with zero attached hydrogens (tertiary/aromatic N) is 2. The van der Waals surface area contributed by atoms with Gasteiger partial charge in [0.05, 0.1) is 11.9 Å². The molecule has 1 rings (SSSR count). The van der Waals surface area contributed by atoms with E-state index < -0.39 is 18.7 Å². The lowest BCUT2D eigenvalue weighted by molar-refractivity contribution is -0.203. The van der Waals surface area contributed by atoms with E-state index >= 15 is 0 Å². The first-order valence-electron chi connectivity index (χ1n) is 3.09. The van der Waals surface area contributed by atoms with Crippen molar-refractivity contribution in [2.75, 3.05) is 0 Å². The molecule has 68 valence electrons. The molecule has 1 atom stereocenters. The molecule has 0 bridgehead atoms. The molecule has 2 N–H and O–H groups in total. The first kappa shape index (κ1) is 8.98. The zero-order chi connectivity index (χ0) is 9.19. The Morgan fingerprint density at radius 3 is 2.67 bits per heavy atom. The van der Waals surface area contributed by atoms with Crippen LogP contribution in [0.4, 0.5) is 13.2 Å². The molecule has 4 nitrogen and oxygen atoms in total. The van der Waals surface area contributed by atoms with Crippen molar-refractivity contribution in [3.05, 3.63) is 11.9 Å². The molecule has 0 amide bonds. The van der Waals surface area contributed by atoms with Gasteiger partial charge in [0.15, 0.2) is 6.10 Å². The van der Waals surface area contributed by atoms with Crippen molar-refractivity contribution in [1.82, 2.24) is 15.4 Å². The molecule has 0 saturated heterocycles. The summed E-state index contributed by atoms with van der Waals surface area (Å²) in [5, 5.41) is 17.4. The zero-order valence-corrected chi connectivity index (χ0v) is 5.84. The summed E-state index contributed by atoms with van der Waals surface area (Å²) in [6, 6.07) is 0. The van der Waals surface area contributed by atoms with Gasteiger partial charge < -0.3 is 5.11 Å². The highest BCUT2D eigenvalue weighted by atomic mass is 19.4. The van der Waals surface area contributed by atoms with Gasteiger partial charge in [-0.3, -0.25) is 0 Å². The molecule has 0 radical (unpaired) electrons. The number of H-pyrrole nitrogens is 1. The second kappa shape index (κ2) is 3.10. The van der Waals surface area contributed by atoms with Crippen LogP contribution in [0.5, 0.6) is 0 Å². The second-order valence-electron chi connectivity index (χ2n) is 2.22. The summed E-state index contributed by atoms with van der Waals surface area (Å²) in [6.07, 6.45) is -6.41. The maximum atomic E-state index is 11.7. The summed E-state index contributed by atoms with van der Waals surface area (Å²) in [5.41, 5.74) is 0.0832. The highest BCUT2D eigenvalue weighted by molar-refractivity contribution is 4.94. The minimum Gasteiger partial charge on any atom is -0.383 e. The Bertz CT molecular complexity index is 233. The van der Waals surface area contributed by atoms with E-state index in [-0.39, 0.29) is 5.69 Å². The Morgan fingerprint density at radius 1 is 1.58 bits per heavy atom. The fourth-order valence-corrected chi connectivity index (χ4v) is 0.638. The number of aromatic nitrogens is 3. The second-order valence-corrected chi connectivity index (χ2v) is 2.22. The van der Waals surface area contributed by atoms with Crippen molar-refractivity contribution >= 4 is 0 Å². The summed E-state index contributed by atoms with van der Waals surface area (Å²) in [6.45, 7) is 0. The maximum Gasteiger partial charge on any atom is 0.414 e. The monoisotopic (exact) mass is 181 g/mol. The van der Waals surface area contributed by atoms with Gasteiger partial charge in [-0.05, 0) is 0 Å². The number of hydrogen-bond donors (Lipinski definition) is 2. The van der Waals surface area contributed by atoms with Crippen molar-refractivity contribution in [2.45, 2.75) is 18.7 Å². The fraction of sp³-hybridized carbons (Fsp3) is 0.600. The molecule has 1 heterocycles. The van der Waals surface area contributed by atoms with Crippen molar-refractivity contribution in [3.63, 3.8) is 0 Å². The Hall–Kier alpha value is -1.11. The van der Waals surface area contributed by atoms with Gasteiger partial charge in [-0.25, -0.2) is 0 Å². The number of alkyl halides is 3. The summed E-state index contributed by atoms with van der Waals surface area (Å²) in [7, 11) is 0. The summed E-state index contributed by atoms with van der Waals surface area (Å²) >= 11 is 0. The Balaban J connectivity index is 2.53. The van der Waals surface area contributed by atoms with E-state index in [1.54, 1.807) is 0 Å². The zero-order valence-electron chi connectivity index (χ0n) is 5.84. The number of aliphatic hydroxyl groups is 1. The quantitative estimate of drug-likeness (QED) is 0.688. The maximum absolute atomic E-state index is 11.7. The molecule has 0 spiro atoms. The van der Waals surface area contributed by atoms with E-state index in [1.165, 1.54) is 0 Å². The van der Waals surface area contributed by atoms with Crippen LogP contribution in [0, 0.1) is 0 Å². The SMILES string of the molecule is OC(Cc1cn[nH]n1)C(F)(F)F. The van der Waals surface area contributed by atoms with Crippen LogP contribution in [0.3, 0.4) is 0 Å². The minimum absolute atomic E-state index is 0.0832. The molecule has 1 aromatic heterocycles. The van der Waals surface area contributed by atoms with E-state index in [1.807, 2.05) is 0 Å². The number of aliphatic hydroxyl groups excluding tert-OH is 1. The summed E-state index contributed by atoms with van der Waals surface area (Å²) in [5.74, 6) is 0. The minimum atomic E-state index is -4.60. The first-order chi connectivity index (χ1) is 5.50. The lowest BCUT2D eigenvalue weighted by Crippen LogP contribution is -2.30. The average molecular weight is 181 g/mol. The van der Waals surface area contributed by atoms with E-state index in [9.17, 15) is 13.2 Å². The van der Waals surface area contributed by atoms with Crippen molar-refractivity contribution in [2.24, 2.45) is 0 Å². The van der Waals surface area contributed by atoms with Gasteiger partial charge in [-0.2, -0.15) is 28.6 Å². The van der Waals surface area contributed by atoms with E-state index in [2.05, 4.69) is 15.4 Å². The van der Waals surface area contributed by atoms with Gasteiger partial charge in [-0.1, -0.05) is 0 Å². The number of rotatable bonds is 2. The lowest BCUT2D eigenvalue weighted by Gasteiger charge is -2.11. The van der Waals surface area contributed by atoms with Gasteiger partial charge >= 0.3 is 6.18 Å². The predicted molar refractivity (Wildman–Crippen MR) is 32.1 cm³/mol. The number of halogens is 3. The van der Waals surface area contributed by atoms with Crippen LogP contribution in [0.25, 0.3) is 0 Å². The third-order valence-electron chi connectivity index (χ3n) is 1.25. The Labute approximate surface area is 65.4 Å². The normalized spacial score (nSPS) is 14.7. The standard InChI is InChI=1S/C5H6F3N3O/c6-5(7,8)4(12)1-3-2-9-11-10-3/h2,4,12H,1H2,(H,9,10,11). The molecule has 0 saturated carbocycles. The van der Waals surface area contributed by atoms with E-state index in [4.69, 9.17) is 5.11 Å². The highest BCUT2D eigenvalue weighted by Crippen LogP contribution is 2.21. The third-order valence-corrected chi connectivity index (χ3v) is 1.25. The third kappa shape index (κ3) is 2.19. The fourth-order valence-electron chi connectivity index (χ4n) is 0.638. The van der Waals surface area contributed by atoms with Gasteiger partial charge in [0.1, 0.15) is 0 Å². The van der Waals surface area contributed by atoms with Crippen molar-refractivity contribution < 1.29 is 18.3 Å². The molecule has 12 heavy (non-hydrogen) atoms. The molecule has 0 aliphatic carbocycles. The van der Waals surface area contributed by atoms with Crippen LogP contribution in [0.2, 0.25) is 0 Å². The molecule has 7 heteroatoms.